The van der Waals surface area contributed by atoms with Gasteiger partial charge in [-0.05, 0) is 27.2 Å². The molecule has 0 spiro atoms. The van der Waals surface area contributed by atoms with Gasteiger partial charge in [-0.15, -0.1) is 0 Å². The molecule has 0 rings (SSSR count). The van der Waals surface area contributed by atoms with Crippen molar-refractivity contribution in [2.45, 2.75) is 91.9 Å². The lowest BCUT2D eigenvalue weighted by Gasteiger charge is -2.00. The summed E-state index contributed by atoms with van der Waals surface area (Å²) in [4.78, 5) is 0. The Bertz CT molecular complexity index is 269. The summed E-state index contributed by atoms with van der Waals surface area (Å²) in [6, 6.07) is 0. The van der Waals surface area contributed by atoms with Gasteiger partial charge in [-0.1, -0.05) is 64.7 Å². The fourth-order valence-corrected chi connectivity index (χ4v) is 1.60. The molecule has 28 heavy (non-hydrogen) atoms. The van der Waals surface area contributed by atoms with Crippen molar-refractivity contribution in [2.24, 2.45) is 0 Å². The molecule has 9 N–H and O–H groups in total. The van der Waals surface area contributed by atoms with E-state index in [0.29, 0.717) is 6.61 Å². The zero-order valence-electron chi connectivity index (χ0n) is 18.5. The Balaban J connectivity index is -0.0000000668. The SMILES string of the molecule is CCCCCCCCCCCCO.CCO.CCO.CCO.N.O=S(=O)(O)O. The van der Waals surface area contributed by atoms with Crippen LogP contribution in [-0.4, -0.2) is 64.4 Å². The van der Waals surface area contributed by atoms with E-state index in [2.05, 4.69) is 6.92 Å². The predicted molar refractivity (Wildman–Crippen MR) is 116 cm³/mol. The summed E-state index contributed by atoms with van der Waals surface area (Å²) in [6.07, 6.45) is 13.3. The number of rotatable bonds is 10. The average molecular weight is 440 g/mol. The van der Waals surface area contributed by atoms with Crippen LogP contribution < -0.4 is 6.15 Å². The van der Waals surface area contributed by atoms with Crippen molar-refractivity contribution < 1.29 is 37.9 Å². The summed E-state index contributed by atoms with van der Waals surface area (Å²) in [5.41, 5.74) is 0. The first-order valence-electron chi connectivity index (χ1n) is 9.79. The van der Waals surface area contributed by atoms with Crippen LogP contribution in [0.4, 0.5) is 0 Å². The molecule has 0 aliphatic carbocycles. The van der Waals surface area contributed by atoms with Gasteiger partial charge in [0.15, 0.2) is 0 Å². The van der Waals surface area contributed by atoms with Gasteiger partial charge in [-0.3, -0.25) is 9.11 Å². The Kier molecular flexibility index (Phi) is 68.0. The van der Waals surface area contributed by atoms with Crippen molar-refractivity contribution in [1.82, 2.24) is 6.15 Å². The van der Waals surface area contributed by atoms with E-state index >= 15 is 0 Å². The Morgan fingerprint density at radius 3 is 0.893 bits per heavy atom. The predicted octanol–water partition coefficient (Wildman–Crippen LogP) is 3.40. The average Bonchev–Trinajstić information content (AvgIpc) is 2.54. The third-order valence-electron chi connectivity index (χ3n) is 2.51. The number of hydrogen-bond acceptors (Lipinski definition) is 7. The molecular weight excluding hydrogens is 390 g/mol. The zero-order valence-corrected chi connectivity index (χ0v) is 19.3. The molecule has 0 aromatic carbocycles. The molecule has 0 aromatic heterocycles. The van der Waals surface area contributed by atoms with Crippen molar-refractivity contribution in [2.75, 3.05) is 26.4 Å². The first-order chi connectivity index (χ1) is 12.7. The third kappa shape index (κ3) is 167. The number of unbranched alkanes of at least 4 members (excludes halogenated alkanes) is 9. The van der Waals surface area contributed by atoms with Gasteiger partial charge in [0.2, 0.25) is 0 Å². The van der Waals surface area contributed by atoms with Gasteiger partial charge in [0, 0.05) is 26.4 Å². The quantitative estimate of drug-likeness (QED) is 0.197. The normalized spacial score (nSPS) is 8.93. The summed E-state index contributed by atoms with van der Waals surface area (Å²) >= 11 is 0. The number of hydrogen-bond donors (Lipinski definition) is 7. The van der Waals surface area contributed by atoms with Crippen LogP contribution in [0.1, 0.15) is 91.9 Å². The van der Waals surface area contributed by atoms with Gasteiger partial charge in [0.1, 0.15) is 0 Å². The highest BCUT2D eigenvalue weighted by Gasteiger charge is 1.91. The van der Waals surface area contributed by atoms with Gasteiger partial charge in [0.25, 0.3) is 0 Å². The Hall–Kier alpha value is -0.330. The molecule has 10 heteroatoms. The molecule has 0 saturated carbocycles. The van der Waals surface area contributed by atoms with Crippen LogP contribution in [0.15, 0.2) is 0 Å². The molecule has 0 radical (unpaired) electrons. The second kappa shape index (κ2) is 45.4. The fourth-order valence-electron chi connectivity index (χ4n) is 1.60. The van der Waals surface area contributed by atoms with Crippen LogP contribution >= 0.6 is 0 Å². The van der Waals surface area contributed by atoms with E-state index in [0.717, 1.165) is 6.42 Å². The van der Waals surface area contributed by atoms with Gasteiger partial charge >= 0.3 is 10.4 Å². The van der Waals surface area contributed by atoms with Crippen LogP contribution in [0.3, 0.4) is 0 Å². The van der Waals surface area contributed by atoms with Crippen molar-refractivity contribution in [3.63, 3.8) is 0 Å². The Morgan fingerprint density at radius 2 is 0.714 bits per heavy atom. The monoisotopic (exact) mass is 439 g/mol. The summed E-state index contributed by atoms with van der Waals surface area (Å²) in [7, 11) is -4.67. The van der Waals surface area contributed by atoms with E-state index < -0.39 is 10.4 Å². The highest BCUT2D eigenvalue weighted by molar-refractivity contribution is 7.79. The van der Waals surface area contributed by atoms with E-state index in [-0.39, 0.29) is 26.0 Å². The molecule has 180 valence electrons. The van der Waals surface area contributed by atoms with Crippen LogP contribution in [-0.2, 0) is 10.4 Å². The molecule has 0 aliphatic heterocycles. The highest BCUT2D eigenvalue weighted by atomic mass is 32.3. The van der Waals surface area contributed by atoms with E-state index in [9.17, 15) is 0 Å². The van der Waals surface area contributed by atoms with Crippen LogP contribution in [0, 0.1) is 0 Å². The van der Waals surface area contributed by atoms with Gasteiger partial charge in [-0.2, -0.15) is 8.42 Å². The minimum absolute atomic E-state index is 0. The smallest absolute Gasteiger partial charge is 0.394 e. The lowest BCUT2D eigenvalue weighted by atomic mass is 10.1. The maximum absolute atomic E-state index is 8.74. The van der Waals surface area contributed by atoms with E-state index in [4.69, 9.17) is 37.9 Å². The summed E-state index contributed by atoms with van der Waals surface area (Å²) in [6.45, 7) is 8.42. The van der Waals surface area contributed by atoms with E-state index in [1.165, 1.54) is 57.8 Å². The molecule has 0 bridgehead atoms. The largest absolute Gasteiger partial charge is 0.397 e. The minimum atomic E-state index is -4.67. The van der Waals surface area contributed by atoms with Crippen LogP contribution in [0.25, 0.3) is 0 Å². The second-order valence-corrected chi connectivity index (χ2v) is 6.20. The minimum Gasteiger partial charge on any atom is -0.397 e. The molecule has 0 amide bonds. The first-order valence-corrected chi connectivity index (χ1v) is 11.2. The summed E-state index contributed by atoms with van der Waals surface area (Å²) in [5, 5.41) is 31.3. The van der Waals surface area contributed by atoms with Crippen molar-refractivity contribution >= 4 is 10.4 Å². The van der Waals surface area contributed by atoms with Gasteiger partial charge in [-0.25, -0.2) is 0 Å². The van der Waals surface area contributed by atoms with E-state index in [1.54, 1.807) is 20.8 Å². The topological polar surface area (TPSA) is 191 Å². The summed E-state index contributed by atoms with van der Waals surface area (Å²) < 4.78 is 31.6. The van der Waals surface area contributed by atoms with Crippen LogP contribution in [0.5, 0.6) is 0 Å². The van der Waals surface area contributed by atoms with Gasteiger partial charge in [0.05, 0.1) is 0 Å². The van der Waals surface area contributed by atoms with Gasteiger partial charge < -0.3 is 26.6 Å². The molecule has 9 nitrogen and oxygen atoms in total. The molecule has 0 unspecified atom stereocenters. The maximum Gasteiger partial charge on any atom is 0.394 e. The molecule has 0 atom stereocenters. The molecule has 0 aliphatic rings. The first kappa shape index (κ1) is 41.9. The molecule has 0 fully saturated rings. The molecule has 0 aromatic rings. The lowest BCUT2D eigenvalue weighted by molar-refractivity contribution is 0.282. The standard InChI is InChI=1S/C12H26O.3C2H6O.H3N.H2O4S/c1-2-3-4-5-6-7-8-9-10-11-12-13;3*1-2-3;;1-5(2,3)4/h13H,2-12H2,1H3;3*3H,2H2,1H3;1H3;(H2,1,2,3,4). The van der Waals surface area contributed by atoms with Crippen LogP contribution in [0.2, 0.25) is 0 Å². The summed E-state index contributed by atoms with van der Waals surface area (Å²) in [5.74, 6) is 0. The van der Waals surface area contributed by atoms with Crippen molar-refractivity contribution in [3.8, 4) is 0 Å². The fraction of sp³-hybridized carbons (Fsp3) is 1.00. The third-order valence-corrected chi connectivity index (χ3v) is 2.51. The van der Waals surface area contributed by atoms with Crippen molar-refractivity contribution in [1.29, 1.82) is 0 Å². The molecule has 0 saturated heterocycles. The van der Waals surface area contributed by atoms with E-state index in [1.807, 2.05) is 0 Å². The maximum atomic E-state index is 8.74. The van der Waals surface area contributed by atoms with Crippen molar-refractivity contribution in [3.05, 3.63) is 0 Å². The molecule has 0 heterocycles. The Morgan fingerprint density at radius 1 is 0.536 bits per heavy atom. The number of aliphatic hydroxyl groups is 4. The second-order valence-electron chi connectivity index (χ2n) is 5.30. The lowest BCUT2D eigenvalue weighted by Crippen LogP contribution is -1.89. The Labute approximate surface area is 173 Å². The highest BCUT2D eigenvalue weighted by Crippen LogP contribution is 2.09. The molecular formula is C18H49NO8S. The number of aliphatic hydroxyl groups excluding tert-OH is 4. The zero-order chi connectivity index (χ0) is 22.4.